The molecule has 7 nitrogen and oxygen atoms in total. The molecule has 1 atom stereocenters. The molecule has 0 radical (unpaired) electrons. The largest absolute Gasteiger partial charge is 0.379 e. The van der Waals surface area contributed by atoms with E-state index in [-0.39, 0.29) is 17.9 Å². The molecule has 166 valence electrons. The lowest BCUT2D eigenvalue weighted by Gasteiger charge is -2.38. The molecule has 0 aliphatic carbocycles. The van der Waals surface area contributed by atoms with Gasteiger partial charge in [0.25, 0.3) is 0 Å². The Labute approximate surface area is 178 Å². The van der Waals surface area contributed by atoms with Crippen LogP contribution in [0.3, 0.4) is 0 Å². The van der Waals surface area contributed by atoms with Gasteiger partial charge in [0.1, 0.15) is 5.82 Å². The zero-order valence-electron chi connectivity index (χ0n) is 18.2. The number of urea groups is 1. The fourth-order valence-corrected chi connectivity index (χ4v) is 4.13. The van der Waals surface area contributed by atoms with Crippen LogP contribution in [0.1, 0.15) is 31.1 Å². The van der Waals surface area contributed by atoms with Crippen molar-refractivity contribution < 1.29 is 18.7 Å². The molecule has 0 bridgehead atoms. The van der Waals surface area contributed by atoms with E-state index in [1.807, 2.05) is 4.90 Å². The van der Waals surface area contributed by atoms with Crippen LogP contribution in [0.2, 0.25) is 0 Å². The highest BCUT2D eigenvalue weighted by Crippen LogP contribution is 2.22. The third-order valence-electron chi connectivity index (χ3n) is 6.01. The van der Waals surface area contributed by atoms with Crippen molar-refractivity contribution in [3.05, 3.63) is 29.6 Å². The Morgan fingerprint density at radius 2 is 1.77 bits per heavy atom. The molecule has 2 saturated heterocycles. The molecule has 1 unspecified atom stereocenters. The summed E-state index contributed by atoms with van der Waals surface area (Å²) in [5.41, 5.74) is 0.849. The van der Waals surface area contributed by atoms with Gasteiger partial charge in [-0.1, -0.05) is 13.8 Å². The fraction of sp³-hybridized carbons (Fsp3) is 0.636. The highest BCUT2D eigenvalue weighted by atomic mass is 19.1. The molecule has 0 spiro atoms. The maximum Gasteiger partial charge on any atom is 0.317 e. The highest BCUT2D eigenvalue weighted by Gasteiger charge is 2.27. The Bertz CT molecular complexity index is 744. The van der Waals surface area contributed by atoms with Gasteiger partial charge in [-0.2, -0.15) is 0 Å². The lowest BCUT2D eigenvalue weighted by atomic mass is 10.0. The molecule has 2 amide bonds. The van der Waals surface area contributed by atoms with Crippen molar-refractivity contribution in [3.63, 3.8) is 0 Å². The molecule has 1 aromatic rings. The maximum absolute atomic E-state index is 14.4. The summed E-state index contributed by atoms with van der Waals surface area (Å²) >= 11 is 0. The average molecular weight is 421 g/mol. The van der Waals surface area contributed by atoms with Crippen molar-refractivity contribution in [2.75, 3.05) is 63.9 Å². The molecule has 0 aromatic heterocycles. The second kappa shape index (κ2) is 10.2. The number of carbonyl (C=O) groups excluding carboxylic acids is 2. The smallest absolute Gasteiger partial charge is 0.317 e. The number of Topliss-reactive ketones (excluding diaryl/α,β-unsaturated/α-hetero) is 1. The number of piperazine rings is 1. The first-order valence-electron chi connectivity index (χ1n) is 10.8. The molecule has 8 heteroatoms. The van der Waals surface area contributed by atoms with Gasteiger partial charge in [-0.05, 0) is 31.0 Å². The van der Waals surface area contributed by atoms with E-state index in [0.29, 0.717) is 49.9 Å². The first kappa shape index (κ1) is 22.5. The van der Waals surface area contributed by atoms with E-state index in [9.17, 15) is 14.0 Å². The average Bonchev–Trinajstić information content (AvgIpc) is 2.74. The maximum atomic E-state index is 14.4. The van der Waals surface area contributed by atoms with Crippen LogP contribution in [0, 0.1) is 11.7 Å². The standard InChI is InChI=1S/C22H33FN4O3/c1-16(2)21(26-10-12-30-13-11-26)15-24-22(29)27-8-6-25(7-9-27)20-5-4-18(17(3)28)14-19(20)23/h4-5,14,16,21H,6-13,15H2,1-3H3,(H,24,29). The van der Waals surface area contributed by atoms with E-state index in [4.69, 9.17) is 4.74 Å². The zero-order valence-corrected chi connectivity index (χ0v) is 18.2. The topological polar surface area (TPSA) is 65.1 Å². The molecule has 3 rings (SSSR count). The predicted molar refractivity (Wildman–Crippen MR) is 115 cm³/mol. The van der Waals surface area contributed by atoms with E-state index in [2.05, 4.69) is 24.1 Å². The molecule has 2 fully saturated rings. The Balaban J connectivity index is 1.50. The van der Waals surface area contributed by atoms with E-state index in [0.717, 1.165) is 26.3 Å². The Hall–Kier alpha value is -2.19. The van der Waals surface area contributed by atoms with E-state index in [1.54, 1.807) is 17.0 Å². The summed E-state index contributed by atoms with van der Waals surface area (Å²) in [5.74, 6) is -0.120. The van der Waals surface area contributed by atoms with Gasteiger partial charge in [-0.3, -0.25) is 9.69 Å². The van der Waals surface area contributed by atoms with Crippen LogP contribution in [0.5, 0.6) is 0 Å². The molecule has 1 N–H and O–H groups in total. The first-order chi connectivity index (χ1) is 14.4. The monoisotopic (exact) mass is 420 g/mol. The Morgan fingerprint density at radius 3 is 2.33 bits per heavy atom. The molecule has 1 aromatic carbocycles. The van der Waals surface area contributed by atoms with Crippen LogP contribution in [0.4, 0.5) is 14.9 Å². The van der Waals surface area contributed by atoms with Crippen LogP contribution in [-0.2, 0) is 4.74 Å². The molecule has 0 saturated carbocycles. The Kier molecular flexibility index (Phi) is 7.66. The third-order valence-corrected chi connectivity index (χ3v) is 6.01. The number of carbonyl (C=O) groups is 2. The number of hydrogen-bond donors (Lipinski definition) is 1. The van der Waals surface area contributed by atoms with Gasteiger partial charge in [0.2, 0.25) is 0 Å². The summed E-state index contributed by atoms with van der Waals surface area (Å²) in [5, 5.41) is 3.09. The summed E-state index contributed by atoms with van der Waals surface area (Å²) in [6.07, 6.45) is 0. The number of rotatable bonds is 6. The number of hydrogen-bond acceptors (Lipinski definition) is 5. The summed E-state index contributed by atoms with van der Waals surface area (Å²) in [6, 6.07) is 4.80. The number of anilines is 1. The predicted octanol–water partition coefficient (Wildman–Crippen LogP) is 2.22. The molecule has 2 heterocycles. The zero-order chi connectivity index (χ0) is 21.7. The summed E-state index contributed by atoms with van der Waals surface area (Å²) < 4.78 is 19.9. The van der Waals surface area contributed by atoms with Crippen molar-refractivity contribution in [1.82, 2.24) is 15.1 Å². The number of ether oxygens (including phenoxy) is 1. The van der Waals surface area contributed by atoms with Gasteiger partial charge in [-0.15, -0.1) is 0 Å². The van der Waals surface area contributed by atoms with Gasteiger partial charge >= 0.3 is 6.03 Å². The molecular weight excluding hydrogens is 387 g/mol. The lowest BCUT2D eigenvalue weighted by molar-refractivity contribution is 0.00693. The third kappa shape index (κ3) is 5.49. The number of morpholine rings is 1. The first-order valence-corrected chi connectivity index (χ1v) is 10.8. The van der Waals surface area contributed by atoms with Gasteiger partial charge in [-0.25, -0.2) is 9.18 Å². The van der Waals surface area contributed by atoms with Crippen molar-refractivity contribution in [1.29, 1.82) is 0 Å². The number of amides is 2. The summed E-state index contributed by atoms with van der Waals surface area (Å²) in [4.78, 5) is 30.2. The summed E-state index contributed by atoms with van der Waals surface area (Å²) in [7, 11) is 0. The van der Waals surface area contributed by atoms with E-state index in [1.165, 1.54) is 13.0 Å². The normalized spacial score (nSPS) is 19.1. The van der Waals surface area contributed by atoms with Crippen molar-refractivity contribution >= 4 is 17.5 Å². The number of benzene rings is 1. The van der Waals surface area contributed by atoms with Crippen LogP contribution >= 0.6 is 0 Å². The van der Waals surface area contributed by atoms with Crippen LogP contribution in [0.15, 0.2) is 18.2 Å². The van der Waals surface area contributed by atoms with Gasteiger partial charge < -0.3 is 19.9 Å². The second-order valence-corrected chi connectivity index (χ2v) is 8.34. The molecule has 2 aliphatic heterocycles. The number of ketones is 1. The van der Waals surface area contributed by atoms with Gasteiger partial charge in [0.05, 0.1) is 18.9 Å². The highest BCUT2D eigenvalue weighted by molar-refractivity contribution is 5.94. The molecular formula is C22H33FN4O3. The second-order valence-electron chi connectivity index (χ2n) is 8.34. The number of nitrogens with one attached hydrogen (secondary N) is 1. The number of halogens is 1. The lowest BCUT2D eigenvalue weighted by Crippen LogP contribution is -2.55. The SMILES string of the molecule is CC(=O)c1ccc(N2CCN(C(=O)NCC(C(C)C)N3CCOCC3)CC2)c(F)c1. The fourth-order valence-electron chi connectivity index (χ4n) is 4.13. The van der Waals surface area contributed by atoms with Crippen molar-refractivity contribution in [3.8, 4) is 0 Å². The quantitative estimate of drug-likeness (QED) is 0.715. The van der Waals surface area contributed by atoms with Crippen LogP contribution < -0.4 is 10.2 Å². The van der Waals surface area contributed by atoms with Crippen molar-refractivity contribution in [2.24, 2.45) is 5.92 Å². The van der Waals surface area contributed by atoms with Crippen LogP contribution in [0.25, 0.3) is 0 Å². The minimum Gasteiger partial charge on any atom is -0.379 e. The molecule has 2 aliphatic rings. The van der Waals surface area contributed by atoms with Crippen LogP contribution in [-0.4, -0.2) is 86.7 Å². The van der Waals surface area contributed by atoms with Crippen molar-refractivity contribution in [2.45, 2.75) is 26.8 Å². The minimum atomic E-state index is -0.397. The Morgan fingerprint density at radius 1 is 1.10 bits per heavy atom. The van der Waals surface area contributed by atoms with Gasteiger partial charge in [0, 0.05) is 57.4 Å². The summed E-state index contributed by atoms with van der Waals surface area (Å²) in [6.45, 7) is 11.8. The minimum absolute atomic E-state index is 0.0686. The van der Waals surface area contributed by atoms with Gasteiger partial charge in [0.15, 0.2) is 5.78 Å². The van der Waals surface area contributed by atoms with E-state index >= 15 is 0 Å². The van der Waals surface area contributed by atoms with E-state index < -0.39 is 5.82 Å². The number of nitrogens with zero attached hydrogens (tertiary/aromatic N) is 3. The molecule has 30 heavy (non-hydrogen) atoms.